The van der Waals surface area contributed by atoms with Gasteiger partial charge in [0.1, 0.15) is 11.9 Å². The van der Waals surface area contributed by atoms with Gasteiger partial charge in [0.15, 0.2) is 0 Å². The Balaban J connectivity index is 1.61. The normalized spacial score (nSPS) is 19.5. The molecule has 0 spiro atoms. The summed E-state index contributed by atoms with van der Waals surface area (Å²) in [5.41, 5.74) is -0.571. The Hall–Kier alpha value is -3.43. The van der Waals surface area contributed by atoms with Gasteiger partial charge in [0.2, 0.25) is 5.91 Å². The van der Waals surface area contributed by atoms with Crippen LogP contribution in [0, 0.1) is 5.82 Å². The molecule has 1 fully saturated rings. The average molecular weight is 508 g/mol. The quantitative estimate of drug-likeness (QED) is 0.549. The Bertz CT molecular complexity index is 1120. The number of benzene rings is 2. The number of hydrogen-bond acceptors (Lipinski definition) is 3. The van der Waals surface area contributed by atoms with E-state index < -0.39 is 47.0 Å². The minimum Gasteiger partial charge on any atom is -0.348 e. The van der Waals surface area contributed by atoms with E-state index in [9.17, 15) is 31.9 Å². The summed E-state index contributed by atoms with van der Waals surface area (Å²) >= 11 is 0. The Morgan fingerprint density at radius 1 is 0.917 bits per heavy atom. The van der Waals surface area contributed by atoms with E-state index in [1.165, 1.54) is 6.92 Å². The second-order valence-electron chi connectivity index (χ2n) is 9.26. The summed E-state index contributed by atoms with van der Waals surface area (Å²) < 4.78 is 52.3. The fraction of sp³-hybridized carbons (Fsp3) is 0.423. The fourth-order valence-corrected chi connectivity index (χ4v) is 4.31. The van der Waals surface area contributed by atoms with E-state index in [4.69, 9.17) is 0 Å². The number of alkyl halides is 3. The highest BCUT2D eigenvalue weighted by Gasteiger charge is 2.33. The SMILES string of the molecule is CC1CCC(C)N1C(=O)c1ccc([C@@H](C)NC(=O)[C@@H](C)NC(=O)c2cc(F)cc(C(F)(F)F)c2)cc1. The van der Waals surface area contributed by atoms with Crippen LogP contribution in [-0.2, 0) is 11.0 Å². The van der Waals surface area contributed by atoms with Gasteiger partial charge < -0.3 is 15.5 Å². The number of rotatable bonds is 6. The summed E-state index contributed by atoms with van der Waals surface area (Å²) in [6.07, 6.45) is -2.89. The van der Waals surface area contributed by atoms with Crippen LogP contribution in [0.4, 0.5) is 17.6 Å². The Kier molecular flexibility index (Phi) is 8.05. The highest BCUT2D eigenvalue weighted by Crippen LogP contribution is 2.30. The molecule has 0 bridgehead atoms. The molecule has 1 heterocycles. The largest absolute Gasteiger partial charge is 0.416 e. The summed E-state index contributed by atoms with van der Waals surface area (Å²) in [6, 6.07) is 7.13. The maximum absolute atomic E-state index is 13.6. The first-order chi connectivity index (χ1) is 16.8. The van der Waals surface area contributed by atoms with E-state index in [0.717, 1.165) is 18.4 Å². The monoisotopic (exact) mass is 507 g/mol. The lowest BCUT2D eigenvalue weighted by Gasteiger charge is -2.26. The summed E-state index contributed by atoms with van der Waals surface area (Å²) in [7, 11) is 0. The summed E-state index contributed by atoms with van der Waals surface area (Å²) in [5.74, 6) is -2.85. The molecule has 2 aromatic rings. The number of halogens is 4. The van der Waals surface area contributed by atoms with Crippen molar-refractivity contribution in [3.05, 3.63) is 70.5 Å². The Morgan fingerprint density at radius 3 is 2.06 bits per heavy atom. The molecule has 194 valence electrons. The Labute approximate surface area is 207 Å². The topological polar surface area (TPSA) is 78.5 Å². The molecule has 3 rings (SSSR count). The second kappa shape index (κ2) is 10.7. The number of amides is 3. The van der Waals surface area contributed by atoms with E-state index in [2.05, 4.69) is 10.6 Å². The van der Waals surface area contributed by atoms with Crippen LogP contribution in [-0.4, -0.2) is 40.7 Å². The summed E-state index contributed by atoms with van der Waals surface area (Å²) in [6.45, 7) is 7.13. The first kappa shape index (κ1) is 27.2. The number of nitrogens with zero attached hydrogens (tertiary/aromatic N) is 1. The molecule has 2 aromatic carbocycles. The van der Waals surface area contributed by atoms with Crippen LogP contribution in [0.5, 0.6) is 0 Å². The predicted molar refractivity (Wildman–Crippen MR) is 126 cm³/mol. The van der Waals surface area contributed by atoms with E-state index in [0.29, 0.717) is 23.8 Å². The van der Waals surface area contributed by atoms with Crippen LogP contribution in [0.3, 0.4) is 0 Å². The van der Waals surface area contributed by atoms with Gasteiger partial charge in [-0.2, -0.15) is 13.2 Å². The first-order valence-corrected chi connectivity index (χ1v) is 11.7. The van der Waals surface area contributed by atoms with E-state index in [-0.39, 0.29) is 18.0 Å². The molecular weight excluding hydrogens is 478 g/mol. The van der Waals surface area contributed by atoms with Crippen LogP contribution < -0.4 is 10.6 Å². The van der Waals surface area contributed by atoms with Crippen molar-refractivity contribution in [1.82, 2.24) is 15.5 Å². The van der Waals surface area contributed by atoms with Crippen molar-refractivity contribution < 1.29 is 31.9 Å². The molecule has 2 N–H and O–H groups in total. The highest BCUT2D eigenvalue weighted by atomic mass is 19.4. The lowest BCUT2D eigenvalue weighted by atomic mass is 10.0. The van der Waals surface area contributed by atoms with E-state index >= 15 is 0 Å². The molecule has 0 saturated carbocycles. The van der Waals surface area contributed by atoms with Gasteiger partial charge in [-0.3, -0.25) is 14.4 Å². The van der Waals surface area contributed by atoms with Gasteiger partial charge in [-0.15, -0.1) is 0 Å². The average Bonchev–Trinajstić information content (AvgIpc) is 3.15. The molecule has 4 atom stereocenters. The van der Waals surface area contributed by atoms with Gasteiger partial charge in [-0.1, -0.05) is 12.1 Å². The first-order valence-electron chi connectivity index (χ1n) is 11.7. The standard InChI is InChI=1S/C26H29F4N3O3/c1-14-5-6-15(2)33(14)25(36)19-9-7-18(8-10-19)16(3)31-23(34)17(4)32-24(35)20-11-21(26(28,29)30)13-22(27)12-20/h7-17H,5-6H2,1-4H3,(H,31,34)(H,32,35)/t14?,15?,16-,17-/m1/s1. The third kappa shape index (κ3) is 6.22. The molecule has 1 aliphatic rings. The predicted octanol–water partition coefficient (Wildman–Crippen LogP) is 4.85. The van der Waals surface area contributed by atoms with E-state index in [1.54, 1.807) is 31.2 Å². The van der Waals surface area contributed by atoms with E-state index in [1.807, 2.05) is 18.7 Å². The molecule has 1 saturated heterocycles. The number of carbonyl (C=O) groups is 3. The lowest BCUT2D eigenvalue weighted by Crippen LogP contribution is -2.45. The number of likely N-dealkylation sites (tertiary alicyclic amines) is 1. The molecule has 2 unspecified atom stereocenters. The summed E-state index contributed by atoms with van der Waals surface area (Å²) in [4.78, 5) is 39.6. The van der Waals surface area contributed by atoms with Gasteiger partial charge in [0.25, 0.3) is 11.8 Å². The van der Waals surface area contributed by atoms with Crippen LogP contribution in [0.2, 0.25) is 0 Å². The third-order valence-corrected chi connectivity index (χ3v) is 6.43. The van der Waals surface area contributed by atoms with Gasteiger partial charge in [-0.25, -0.2) is 4.39 Å². The maximum atomic E-state index is 13.6. The molecule has 36 heavy (non-hydrogen) atoms. The maximum Gasteiger partial charge on any atom is 0.416 e. The zero-order chi connectivity index (χ0) is 26.8. The van der Waals surface area contributed by atoms with Crippen molar-refractivity contribution in [2.45, 2.75) is 70.9 Å². The molecule has 0 aromatic heterocycles. The smallest absolute Gasteiger partial charge is 0.348 e. The lowest BCUT2D eigenvalue weighted by molar-refractivity contribution is -0.137. The highest BCUT2D eigenvalue weighted by molar-refractivity contribution is 5.97. The fourth-order valence-electron chi connectivity index (χ4n) is 4.31. The molecule has 10 heteroatoms. The molecule has 0 radical (unpaired) electrons. The number of hydrogen-bond donors (Lipinski definition) is 2. The zero-order valence-corrected chi connectivity index (χ0v) is 20.4. The van der Waals surface area contributed by atoms with Gasteiger partial charge in [-0.05, 0) is 76.4 Å². The third-order valence-electron chi connectivity index (χ3n) is 6.43. The van der Waals surface area contributed by atoms with Crippen molar-refractivity contribution in [1.29, 1.82) is 0 Å². The second-order valence-corrected chi connectivity index (χ2v) is 9.26. The Morgan fingerprint density at radius 2 is 1.50 bits per heavy atom. The van der Waals surface area contributed by atoms with Crippen molar-refractivity contribution in [3.63, 3.8) is 0 Å². The molecule has 6 nitrogen and oxygen atoms in total. The molecule has 0 aliphatic carbocycles. The van der Waals surface area contributed by atoms with Gasteiger partial charge in [0.05, 0.1) is 11.6 Å². The molecule has 3 amide bonds. The van der Waals surface area contributed by atoms with Gasteiger partial charge in [0, 0.05) is 23.2 Å². The van der Waals surface area contributed by atoms with Crippen LogP contribution in [0.15, 0.2) is 42.5 Å². The van der Waals surface area contributed by atoms with Crippen molar-refractivity contribution >= 4 is 17.7 Å². The van der Waals surface area contributed by atoms with Crippen LogP contribution in [0.1, 0.15) is 78.4 Å². The van der Waals surface area contributed by atoms with Gasteiger partial charge >= 0.3 is 6.18 Å². The molecule has 1 aliphatic heterocycles. The minimum absolute atomic E-state index is 0.0434. The molecular formula is C26H29F4N3O3. The van der Waals surface area contributed by atoms with Crippen molar-refractivity contribution in [2.75, 3.05) is 0 Å². The van der Waals surface area contributed by atoms with Crippen molar-refractivity contribution in [3.8, 4) is 0 Å². The van der Waals surface area contributed by atoms with Crippen LogP contribution >= 0.6 is 0 Å². The van der Waals surface area contributed by atoms with Crippen molar-refractivity contribution in [2.24, 2.45) is 0 Å². The number of carbonyl (C=O) groups excluding carboxylic acids is 3. The minimum atomic E-state index is -4.82. The summed E-state index contributed by atoms with van der Waals surface area (Å²) in [5, 5.41) is 5.00. The zero-order valence-electron chi connectivity index (χ0n) is 20.4. The number of nitrogens with one attached hydrogen (secondary N) is 2. The van der Waals surface area contributed by atoms with Crippen LogP contribution in [0.25, 0.3) is 0 Å².